The van der Waals surface area contributed by atoms with Gasteiger partial charge in [-0.15, -0.1) is 13.2 Å². The minimum atomic E-state index is -0.156. The Morgan fingerprint density at radius 3 is 2.58 bits per heavy atom. The Morgan fingerprint density at radius 2 is 2.17 bits per heavy atom. The number of carbonyl (C=O) groups excluding carboxylic acids is 1. The van der Waals surface area contributed by atoms with E-state index in [-0.39, 0.29) is 11.9 Å². The number of ether oxygens (including phenoxy) is 1. The van der Waals surface area contributed by atoms with Crippen LogP contribution in [0.15, 0.2) is 25.3 Å². The molecule has 12 heavy (non-hydrogen) atoms. The van der Waals surface area contributed by atoms with Crippen molar-refractivity contribution in [3.63, 3.8) is 0 Å². The molecule has 1 atom stereocenters. The Morgan fingerprint density at radius 1 is 1.50 bits per heavy atom. The summed E-state index contributed by atoms with van der Waals surface area (Å²) in [6.45, 7) is 7.19. The summed E-state index contributed by atoms with van der Waals surface area (Å²) >= 11 is 0. The van der Waals surface area contributed by atoms with Crippen LogP contribution in [0.25, 0.3) is 0 Å². The molecule has 0 spiro atoms. The number of methoxy groups -OCH3 is 1. The van der Waals surface area contributed by atoms with E-state index in [1.807, 2.05) is 0 Å². The fourth-order valence-electron chi connectivity index (χ4n) is 1.02. The second-order valence-corrected chi connectivity index (χ2v) is 2.61. The number of rotatable bonds is 6. The summed E-state index contributed by atoms with van der Waals surface area (Å²) in [5, 5.41) is 0. The first-order valence-corrected chi connectivity index (χ1v) is 4.05. The molecule has 2 heteroatoms. The molecule has 0 fully saturated rings. The zero-order valence-corrected chi connectivity index (χ0v) is 7.58. The Hall–Kier alpha value is -1.05. The molecule has 0 aromatic rings. The van der Waals surface area contributed by atoms with Gasteiger partial charge in [-0.1, -0.05) is 12.2 Å². The third-order valence-electron chi connectivity index (χ3n) is 1.70. The molecule has 0 aliphatic rings. The predicted octanol–water partition coefficient (Wildman–Crippen LogP) is 2.32. The largest absolute Gasteiger partial charge is 0.469 e. The Balaban J connectivity index is 3.92. The summed E-state index contributed by atoms with van der Waals surface area (Å²) in [7, 11) is 1.41. The van der Waals surface area contributed by atoms with Crippen molar-refractivity contribution in [2.45, 2.75) is 19.3 Å². The van der Waals surface area contributed by atoms with E-state index in [0.717, 1.165) is 12.8 Å². The first kappa shape index (κ1) is 11.0. The van der Waals surface area contributed by atoms with Crippen LogP contribution in [0.1, 0.15) is 19.3 Å². The van der Waals surface area contributed by atoms with E-state index in [1.165, 1.54) is 7.11 Å². The highest BCUT2D eigenvalue weighted by molar-refractivity contribution is 5.72. The van der Waals surface area contributed by atoms with Gasteiger partial charge in [0, 0.05) is 0 Å². The standard InChI is InChI=1S/C10H16O2/c1-4-6-8-9(7-5-2)10(11)12-3/h4-5,9H,1-2,6-8H2,3H3. The highest BCUT2D eigenvalue weighted by atomic mass is 16.5. The average molecular weight is 168 g/mol. The summed E-state index contributed by atoms with van der Waals surface area (Å²) in [4.78, 5) is 11.1. The number of esters is 1. The molecule has 0 radical (unpaired) electrons. The lowest BCUT2D eigenvalue weighted by atomic mass is 10.00. The minimum absolute atomic E-state index is 0.0505. The molecule has 0 bridgehead atoms. The van der Waals surface area contributed by atoms with Crippen molar-refractivity contribution in [3.8, 4) is 0 Å². The monoisotopic (exact) mass is 168 g/mol. The second kappa shape index (κ2) is 6.65. The summed E-state index contributed by atoms with van der Waals surface area (Å²) in [6.07, 6.45) is 5.86. The maximum Gasteiger partial charge on any atom is 0.308 e. The third-order valence-corrected chi connectivity index (χ3v) is 1.70. The van der Waals surface area contributed by atoms with Gasteiger partial charge in [-0.3, -0.25) is 4.79 Å². The van der Waals surface area contributed by atoms with E-state index in [0.29, 0.717) is 6.42 Å². The second-order valence-electron chi connectivity index (χ2n) is 2.61. The molecule has 0 saturated carbocycles. The molecule has 2 nitrogen and oxygen atoms in total. The van der Waals surface area contributed by atoms with Gasteiger partial charge in [-0.25, -0.2) is 0 Å². The Kier molecular flexibility index (Phi) is 6.07. The van der Waals surface area contributed by atoms with Crippen LogP contribution in [0.5, 0.6) is 0 Å². The van der Waals surface area contributed by atoms with Crippen LogP contribution in [0.2, 0.25) is 0 Å². The van der Waals surface area contributed by atoms with Gasteiger partial charge in [-0.05, 0) is 19.3 Å². The van der Waals surface area contributed by atoms with E-state index < -0.39 is 0 Å². The van der Waals surface area contributed by atoms with E-state index >= 15 is 0 Å². The molecule has 0 aliphatic heterocycles. The quantitative estimate of drug-likeness (QED) is 0.449. The molecular weight excluding hydrogens is 152 g/mol. The predicted molar refractivity (Wildman–Crippen MR) is 49.8 cm³/mol. The van der Waals surface area contributed by atoms with Gasteiger partial charge in [0.1, 0.15) is 0 Å². The zero-order chi connectivity index (χ0) is 9.40. The normalized spacial score (nSPS) is 11.8. The summed E-state index contributed by atoms with van der Waals surface area (Å²) in [5.41, 5.74) is 0. The van der Waals surface area contributed by atoms with Crippen molar-refractivity contribution in [3.05, 3.63) is 25.3 Å². The van der Waals surface area contributed by atoms with E-state index in [4.69, 9.17) is 0 Å². The van der Waals surface area contributed by atoms with E-state index in [2.05, 4.69) is 17.9 Å². The summed E-state index contributed by atoms with van der Waals surface area (Å²) in [6, 6.07) is 0. The van der Waals surface area contributed by atoms with Crippen molar-refractivity contribution in [2.75, 3.05) is 7.11 Å². The highest BCUT2D eigenvalue weighted by Gasteiger charge is 2.15. The highest BCUT2D eigenvalue weighted by Crippen LogP contribution is 2.13. The van der Waals surface area contributed by atoms with Crippen molar-refractivity contribution < 1.29 is 9.53 Å². The van der Waals surface area contributed by atoms with Gasteiger partial charge in [0.2, 0.25) is 0 Å². The number of hydrogen-bond donors (Lipinski definition) is 0. The number of allylic oxidation sites excluding steroid dienone is 2. The topological polar surface area (TPSA) is 26.3 Å². The third kappa shape index (κ3) is 3.96. The van der Waals surface area contributed by atoms with Crippen LogP contribution in [0.4, 0.5) is 0 Å². The van der Waals surface area contributed by atoms with Crippen molar-refractivity contribution in [1.82, 2.24) is 0 Å². The molecule has 68 valence electrons. The molecule has 1 unspecified atom stereocenters. The first-order valence-electron chi connectivity index (χ1n) is 4.05. The number of hydrogen-bond acceptors (Lipinski definition) is 2. The molecule has 0 amide bonds. The molecule has 0 heterocycles. The molecule has 0 rings (SSSR count). The summed E-state index contributed by atoms with van der Waals surface area (Å²) < 4.78 is 4.64. The lowest BCUT2D eigenvalue weighted by molar-refractivity contribution is -0.145. The van der Waals surface area contributed by atoms with Crippen molar-refractivity contribution in [2.24, 2.45) is 5.92 Å². The number of carbonyl (C=O) groups is 1. The van der Waals surface area contributed by atoms with Gasteiger partial charge in [0.15, 0.2) is 0 Å². The fraction of sp³-hybridized carbons (Fsp3) is 0.500. The van der Waals surface area contributed by atoms with Gasteiger partial charge >= 0.3 is 5.97 Å². The zero-order valence-electron chi connectivity index (χ0n) is 7.58. The average Bonchev–Trinajstić information content (AvgIpc) is 2.11. The molecule has 0 N–H and O–H groups in total. The van der Waals surface area contributed by atoms with Crippen LogP contribution in [0.3, 0.4) is 0 Å². The molecule has 0 saturated heterocycles. The fourth-order valence-corrected chi connectivity index (χ4v) is 1.02. The van der Waals surface area contributed by atoms with Crippen molar-refractivity contribution in [1.29, 1.82) is 0 Å². The van der Waals surface area contributed by atoms with Gasteiger partial charge < -0.3 is 4.74 Å². The van der Waals surface area contributed by atoms with Crippen LogP contribution in [-0.4, -0.2) is 13.1 Å². The molecule has 0 aromatic heterocycles. The van der Waals surface area contributed by atoms with Crippen LogP contribution < -0.4 is 0 Å². The van der Waals surface area contributed by atoms with Gasteiger partial charge in [0.25, 0.3) is 0 Å². The molecule has 0 aromatic carbocycles. The molecule has 0 aliphatic carbocycles. The van der Waals surface area contributed by atoms with E-state index in [9.17, 15) is 4.79 Å². The summed E-state index contributed by atoms with van der Waals surface area (Å²) in [5.74, 6) is -0.206. The maximum absolute atomic E-state index is 11.1. The van der Waals surface area contributed by atoms with Crippen LogP contribution in [-0.2, 0) is 9.53 Å². The molecular formula is C10H16O2. The smallest absolute Gasteiger partial charge is 0.308 e. The van der Waals surface area contributed by atoms with Crippen LogP contribution >= 0.6 is 0 Å². The maximum atomic E-state index is 11.1. The van der Waals surface area contributed by atoms with Gasteiger partial charge in [0.05, 0.1) is 13.0 Å². The van der Waals surface area contributed by atoms with Gasteiger partial charge in [-0.2, -0.15) is 0 Å². The lowest BCUT2D eigenvalue weighted by Crippen LogP contribution is -2.15. The minimum Gasteiger partial charge on any atom is -0.469 e. The first-order chi connectivity index (χ1) is 5.76. The van der Waals surface area contributed by atoms with Crippen molar-refractivity contribution >= 4 is 5.97 Å². The lowest BCUT2D eigenvalue weighted by Gasteiger charge is -2.10. The Bertz CT molecular complexity index is 161. The van der Waals surface area contributed by atoms with E-state index in [1.54, 1.807) is 12.2 Å². The SMILES string of the molecule is C=CCCC(CC=C)C(=O)OC. The van der Waals surface area contributed by atoms with Crippen LogP contribution in [0, 0.1) is 5.92 Å². The Labute approximate surface area is 73.9 Å².